The van der Waals surface area contributed by atoms with Crippen LogP contribution in [-0.2, 0) is 9.47 Å². The lowest BCUT2D eigenvalue weighted by Gasteiger charge is -2.35. The van der Waals surface area contributed by atoms with Crippen molar-refractivity contribution in [1.29, 1.82) is 0 Å². The highest BCUT2D eigenvalue weighted by atomic mass is 16.5. The van der Waals surface area contributed by atoms with Gasteiger partial charge in [0.1, 0.15) is 0 Å². The highest BCUT2D eigenvalue weighted by molar-refractivity contribution is 4.85. The molecular weight excluding hydrogens is 190 g/mol. The van der Waals surface area contributed by atoms with E-state index in [4.69, 9.17) is 9.47 Å². The standard InChI is InChI=1S/C12H25NO2/c1-5-14-11-8-10(9-11)13-6-7-15-12(2,3)4/h10-11,13H,5-9H2,1-4H3. The Labute approximate surface area is 93.5 Å². The largest absolute Gasteiger partial charge is 0.378 e. The monoisotopic (exact) mass is 215 g/mol. The Morgan fingerprint density at radius 3 is 2.47 bits per heavy atom. The average Bonchev–Trinajstić information content (AvgIpc) is 2.05. The summed E-state index contributed by atoms with van der Waals surface area (Å²) in [7, 11) is 0. The number of hydrogen-bond acceptors (Lipinski definition) is 3. The van der Waals surface area contributed by atoms with Gasteiger partial charge in [0.2, 0.25) is 0 Å². The molecule has 0 bridgehead atoms. The predicted molar refractivity (Wildman–Crippen MR) is 62.1 cm³/mol. The zero-order valence-corrected chi connectivity index (χ0v) is 10.5. The van der Waals surface area contributed by atoms with Crippen LogP contribution in [0.15, 0.2) is 0 Å². The molecule has 0 radical (unpaired) electrons. The highest BCUT2D eigenvalue weighted by Crippen LogP contribution is 2.22. The Balaban J connectivity index is 1.91. The summed E-state index contributed by atoms with van der Waals surface area (Å²) in [5.74, 6) is 0. The summed E-state index contributed by atoms with van der Waals surface area (Å²) in [6.45, 7) is 10.9. The molecule has 90 valence electrons. The quantitative estimate of drug-likeness (QED) is 0.687. The van der Waals surface area contributed by atoms with Crippen molar-refractivity contribution in [3.8, 4) is 0 Å². The van der Waals surface area contributed by atoms with E-state index in [1.165, 1.54) is 0 Å². The molecule has 3 heteroatoms. The van der Waals surface area contributed by atoms with Gasteiger partial charge in [-0.25, -0.2) is 0 Å². The van der Waals surface area contributed by atoms with Gasteiger partial charge in [-0.05, 0) is 40.5 Å². The zero-order valence-electron chi connectivity index (χ0n) is 10.5. The summed E-state index contributed by atoms with van der Waals surface area (Å²) >= 11 is 0. The third-order valence-corrected chi connectivity index (χ3v) is 2.57. The molecule has 1 saturated carbocycles. The number of rotatable bonds is 6. The molecule has 0 aromatic heterocycles. The van der Waals surface area contributed by atoms with Gasteiger partial charge >= 0.3 is 0 Å². The van der Waals surface area contributed by atoms with Crippen molar-refractivity contribution >= 4 is 0 Å². The summed E-state index contributed by atoms with van der Waals surface area (Å²) in [6, 6.07) is 0.644. The molecule has 1 aliphatic carbocycles. The smallest absolute Gasteiger partial charge is 0.0604 e. The van der Waals surface area contributed by atoms with Crippen molar-refractivity contribution < 1.29 is 9.47 Å². The van der Waals surface area contributed by atoms with Crippen molar-refractivity contribution in [3.05, 3.63) is 0 Å². The number of nitrogens with one attached hydrogen (secondary N) is 1. The van der Waals surface area contributed by atoms with Gasteiger partial charge in [0.25, 0.3) is 0 Å². The Morgan fingerprint density at radius 2 is 1.93 bits per heavy atom. The fraction of sp³-hybridized carbons (Fsp3) is 1.00. The second-order valence-corrected chi connectivity index (χ2v) is 5.16. The summed E-state index contributed by atoms with van der Waals surface area (Å²) in [5.41, 5.74) is -0.0187. The van der Waals surface area contributed by atoms with E-state index in [9.17, 15) is 0 Å². The fourth-order valence-electron chi connectivity index (χ4n) is 1.72. The third kappa shape index (κ3) is 5.50. The molecule has 0 amide bonds. The van der Waals surface area contributed by atoms with Crippen LogP contribution in [0.4, 0.5) is 0 Å². The molecule has 0 spiro atoms. The van der Waals surface area contributed by atoms with E-state index in [0.717, 1.165) is 32.6 Å². The molecule has 0 aromatic rings. The van der Waals surface area contributed by atoms with Crippen molar-refractivity contribution in [2.24, 2.45) is 0 Å². The number of ether oxygens (including phenoxy) is 2. The van der Waals surface area contributed by atoms with Crippen LogP contribution in [0.2, 0.25) is 0 Å². The van der Waals surface area contributed by atoms with Crippen LogP contribution in [-0.4, -0.2) is 37.5 Å². The van der Waals surface area contributed by atoms with Gasteiger partial charge in [-0.3, -0.25) is 0 Å². The van der Waals surface area contributed by atoms with Crippen LogP contribution in [0.25, 0.3) is 0 Å². The van der Waals surface area contributed by atoms with Crippen LogP contribution in [0, 0.1) is 0 Å². The SMILES string of the molecule is CCOC1CC(NCCOC(C)(C)C)C1. The van der Waals surface area contributed by atoms with E-state index in [0.29, 0.717) is 12.1 Å². The van der Waals surface area contributed by atoms with Gasteiger partial charge in [0, 0.05) is 19.2 Å². The summed E-state index contributed by atoms with van der Waals surface area (Å²) in [5, 5.41) is 3.48. The molecule has 1 N–H and O–H groups in total. The molecule has 1 rings (SSSR count). The molecule has 0 aromatic carbocycles. The van der Waals surface area contributed by atoms with Gasteiger partial charge in [-0.2, -0.15) is 0 Å². The third-order valence-electron chi connectivity index (χ3n) is 2.57. The van der Waals surface area contributed by atoms with Crippen molar-refractivity contribution in [1.82, 2.24) is 5.32 Å². The van der Waals surface area contributed by atoms with Crippen LogP contribution in [0.3, 0.4) is 0 Å². The Kier molecular flexibility index (Phi) is 5.03. The molecule has 0 unspecified atom stereocenters. The first-order valence-electron chi connectivity index (χ1n) is 6.00. The Hall–Kier alpha value is -0.120. The lowest BCUT2D eigenvalue weighted by Crippen LogP contribution is -2.46. The highest BCUT2D eigenvalue weighted by Gasteiger charge is 2.28. The maximum Gasteiger partial charge on any atom is 0.0604 e. The maximum atomic E-state index is 5.63. The Morgan fingerprint density at radius 1 is 1.27 bits per heavy atom. The molecule has 0 heterocycles. The van der Waals surface area contributed by atoms with E-state index >= 15 is 0 Å². The second kappa shape index (κ2) is 5.83. The van der Waals surface area contributed by atoms with Gasteiger partial charge in [0.05, 0.1) is 18.3 Å². The number of hydrogen-bond donors (Lipinski definition) is 1. The minimum Gasteiger partial charge on any atom is -0.378 e. The average molecular weight is 215 g/mol. The summed E-state index contributed by atoms with van der Waals surface area (Å²) < 4.78 is 11.1. The van der Waals surface area contributed by atoms with Crippen molar-refractivity contribution in [2.45, 2.75) is 58.3 Å². The minimum absolute atomic E-state index is 0.0187. The molecule has 0 atom stereocenters. The Bertz CT molecular complexity index is 171. The van der Waals surface area contributed by atoms with Crippen LogP contribution in [0.5, 0.6) is 0 Å². The van der Waals surface area contributed by atoms with Crippen LogP contribution < -0.4 is 5.32 Å². The fourth-order valence-corrected chi connectivity index (χ4v) is 1.72. The molecule has 15 heavy (non-hydrogen) atoms. The van der Waals surface area contributed by atoms with Gasteiger partial charge in [0.15, 0.2) is 0 Å². The topological polar surface area (TPSA) is 30.5 Å². The lowest BCUT2D eigenvalue weighted by molar-refractivity contribution is -0.0218. The summed E-state index contributed by atoms with van der Waals surface area (Å²) in [4.78, 5) is 0. The maximum absolute atomic E-state index is 5.63. The van der Waals surface area contributed by atoms with Crippen LogP contribution >= 0.6 is 0 Å². The molecule has 0 aliphatic heterocycles. The van der Waals surface area contributed by atoms with E-state index in [1.807, 2.05) is 0 Å². The van der Waals surface area contributed by atoms with Gasteiger partial charge in [-0.15, -0.1) is 0 Å². The molecule has 0 saturated heterocycles. The molecular formula is C12H25NO2. The molecule has 1 aliphatic rings. The van der Waals surface area contributed by atoms with E-state index in [1.54, 1.807) is 0 Å². The summed E-state index contributed by atoms with van der Waals surface area (Å²) in [6.07, 6.45) is 2.81. The normalized spacial score (nSPS) is 26.4. The first kappa shape index (κ1) is 12.9. The molecule has 3 nitrogen and oxygen atoms in total. The van der Waals surface area contributed by atoms with Gasteiger partial charge < -0.3 is 14.8 Å². The van der Waals surface area contributed by atoms with E-state index in [2.05, 4.69) is 33.0 Å². The zero-order chi connectivity index (χ0) is 11.3. The first-order valence-corrected chi connectivity index (χ1v) is 6.00. The first-order chi connectivity index (χ1) is 7.01. The van der Waals surface area contributed by atoms with Crippen molar-refractivity contribution in [3.63, 3.8) is 0 Å². The predicted octanol–water partition coefficient (Wildman–Crippen LogP) is 1.96. The van der Waals surface area contributed by atoms with E-state index < -0.39 is 0 Å². The van der Waals surface area contributed by atoms with Gasteiger partial charge in [-0.1, -0.05) is 0 Å². The molecule has 1 fully saturated rings. The minimum atomic E-state index is -0.0187. The lowest BCUT2D eigenvalue weighted by atomic mass is 9.89. The van der Waals surface area contributed by atoms with E-state index in [-0.39, 0.29) is 5.60 Å². The second-order valence-electron chi connectivity index (χ2n) is 5.16. The van der Waals surface area contributed by atoms with Crippen LogP contribution in [0.1, 0.15) is 40.5 Å². The van der Waals surface area contributed by atoms with Crippen molar-refractivity contribution in [2.75, 3.05) is 19.8 Å².